The van der Waals surface area contributed by atoms with Crippen LogP contribution in [0.4, 0.5) is 0 Å². The first-order valence-corrected chi connectivity index (χ1v) is 7.46. The molecule has 3 nitrogen and oxygen atoms in total. The summed E-state index contributed by atoms with van der Waals surface area (Å²) in [6.07, 6.45) is 4.40. The standard InChI is InChI=1S/C15H29NO2/c1-11-5-6-13(7-12(11)2)17-9-14-8-16-10-15(3,4)18-14/h11-14,16H,5-10H2,1-4H3. The zero-order valence-corrected chi connectivity index (χ0v) is 12.4. The van der Waals surface area contributed by atoms with Crippen molar-refractivity contribution in [3.05, 3.63) is 0 Å². The maximum absolute atomic E-state index is 6.07. The molecule has 2 aliphatic rings. The van der Waals surface area contributed by atoms with E-state index in [0.717, 1.165) is 31.5 Å². The largest absolute Gasteiger partial charge is 0.375 e. The number of hydrogen-bond donors (Lipinski definition) is 1. The van der Waals surface area contributed by atoms with Gasteiger partial charge in [0.05, 0.1) is 24.4 Å². The van der Waals surface area contributed by atoms with E-state index >= 15 is 0 Å². The summed E-state index contributed by atoms with van der Waals surface area (Å²) < 4.78 is 12.1. The lowest BCUT2D eigenvalue weighted by Gasteiger charge is -2.38. The first kappa shape index (κ1) is 14.3. The van der Waals surface area contributed by atoms with Gasteiger partial charge in [-0.25, -0.2) is 0 Å². The summed E-state index contributed by atoms with van der Waals surface area (Å²) in [4.78, 5) is 0. The Morgan fingerprint density at radius 3 is 2.67 bits per heavy atom. The highest BCUT2D eigenvalue weighted by atomic mass is 16.6. The van der Waals surface area contributed by atoms with E-state index in [1.54, 1.807) is 0 Å². The maximum atomic E-state index is 6.07. The Bertz CT molecular complexity index is 267. The van der Waals surface area contributed by atoms with Crippen molar-refractivity contribution in [1.82, 2.24) is 5.32 Å². The zero-order chi connectivity index (χ0) is 13.2. The van der Waals surface area contributed by atoms with Gasteiger partial charge in [0, 0.05) is 13.1 Å². The molecule has 1 heterocycles. The molecule has 1 N–H and O–H groups in total. The molecule has 0 aromatic rings. The van der Waals surface area contributed by atoms with Crippen molar-refractivity contribution in [2.24, 2.45) is 11.8 Å². The van der Waals surface area contributed by atoms with Crippen molar-refractivity contribution in [2.75, 3.05) is 19.7 Å². The second-order valence-corrected chi connectivity index (χ2v) is 6.85. The van der Waals surface area contributed by atoms with E-state index in [4.69, 9.17) is 9.47 Å². The fourth-order valence-corrected chi connectivity index (χ4v) is 3.05. The van der Waals surface area contributed by atoms with Gasteiger partial charge in [-0.3, -0.25) is 0 Å². The summed E-state index contributed by atoms with van der Waals surface area (Å²) >= 11 is 0. The Kier molecular flexibility index (Phi) is 4.68. The van der Waals surface area contributed by atoms with Crippen molar-refractivity contribution < 1.29 is 9.47 Å². The van der Waals surface area contributed by atoms with Gasteiger partial charge in [-0.15, -0.1) is 0 Å². The van der Waals surface area contributed by atoms with Crippen LogP contribution in [-0.4, -0.2) is 37.5 Å². The topological polar surface area (TPSA) is 30.5 Å². The smallest absolute Gasteiger partial charge is 0.0940 e. The first-order valence-electron chi connectivity index (χ1n) is 7.46. The van der Waals surface area contributed by atoms with Crippen molar-refractivity contribution in [2.45, 2.75) is 64.8 Å². The molecular formula is C15H29NO2. The molecule has 1 aliphatic carbocycles. The molecule has 1 aliphatic heterocycles. The third-order valence-electron chi connectivity index (χ3n) is 4.48. The van der Waals surface area contributed by atoms with Crippen LogP contribution in [0, 0.1) is 11.8 Å². The van der Waals surface area contributed by atoms with Gasteiger partial charge in [0.2, 0.25) is 0 Å². The molecule has 4 unspecified atom stereocenters. The number of rotatable bonds is 3. The quantitative estimate of drug-likeness (QED) is 0.841. The Balaban J connectivity index is 1.71. The molecule has 106 valence electrons. The molecule has 0 aromatic carbocycles. The molecule has 0 radical (unpaired) electrons. The fraction of sp³-hybridized carbons (Fsp3) is 1.00. The number of hydrogen-bond acceptors (Lipinski definition) is 3. The summed E-state index contributed by atoms with van der Waals surface area (Å²) in [6, 6.07) is 0. The minimum Gasteiger partial charge on any atom is -0.375 e. The van der Waals surface area contributed by atoms with Crippen molar-refractivity contribution in [1.29, 1.82) is 0 Å². The van der Waals surface area contributed by atoms with Gasteiger partial charge in [-0.1, -0.05) is 13.8 Å². The molecule has 18 heavy (non-hydrogen) atoms. The molecule has 0 aromatic heterocycles. The maximum Gasteiger partial charge on any atom is 0.0940 e. The summed E-state index contributed by atoms with van der Waals surface area (Å²) in [5, 5.41) is 3.42. The Morgan fingerprint density at radius 2 is 2.00 bits per heavy atom. The Labute approximate surface area is 112 Å². The summed E-state index contributed by atoms with van der Waals surface area (Å²) in [6.45, 7) is 11.6. The Hall–Kier alpha value is -0.120. The number of morpholine rings is 1. The van der Waals surface area contributed by atoms with Crippen LogP contribution in [0.1, 0.15) is 47.0 Å². The molecule has 0 spiro atoms. The van der Waals surface area contributed by atoms with Crippen molar-refractivity contribution in [3.63, 3.8) is 0 Å². The minimum atomic E-state index is -0.0549. The van der Waals surface area contributed by atoms with Crippen LogP contribution in [0.2, 0.25) is 0 Å². The van der Waals surface area contributed by atoms with E-state index < -0.39 is 0 Å². The van der Waals surface area contributed by atoms with E-state index in [9.17, 15) is 0 Å². The van der Waals surface area contributed by atoms with E-state index in [1.807, 2.05) is 0 Å². The van der Waals surface area contributed by atoms with Crippen LogP contribution in [0.3, 0.4) is 0 Å². The summed E-state index contributed by atoms with van der Waals surface area (Å²) in [7, 11) is 0. The van der Waals surface area contributed by atoms with Crippen molar-refractivity contribution in [3.8, 4) is 0 Å². The second-order valence-electron chi connectivity index (χ2n) is 6.85. The first-order chi connectivity index (χ1) is 8.46. The molecule has 4 atom stereocenters. The number of nitrogens with one attached hydrogen (secondary N) is 1. The minimum absolute atomic E-state index is 0.0549. The normalized spacial score (nSPS) is 40.7. The van der Waals surface area contributed by atoms with Crippen LogP contribution < -0.4 is 5.32 Å². The molecule has 0 bridgehead atoms. The van der Waals surface area contributed by atoms with Crippen LogP contribution >= 0.6 is 0 Å². The van der Waals surface area contributed by atoms with Crippen LogP contribution in [0.25, 0.3) is 0 Å². The number of ether oxygens (including phenoxy) is 2. The molecular weight excluding hydrogens is 226 g/mol. The second kappa shape index (κ2) is 5.89. The zero-order valence-electron chi connectivity index (χ0n) is 12.4. The van der Waals surface area contributed by atoms with Gasteiger partial charge in [-0.05, 0) is 44.9 Å². The van der Waals surface area contributed by atoms with Crippen LogP contribution in [-0.2, 0) is 9.47 Å². The van der Waals surface area contributed by atoms with E-state index in [0.29, 0.717) is 6.10 Å². The van der Waals surface area contributed by atoms with Crippen LogP contribution in [0.5, 0.6) is 0 Å². The molecule has 2 fully saturated rings. The van der Waals surface area contributed by atoms with Gasteiger partial charge in [0.1, 0.15) is 0 Å². The molecule has 0 amide bonds. The molecule has 2 rings (SSSR count). The lowest BCUT2D eigenvalue weighted by molar-refractivity contribution is -0.134. The van der Waals surface area contributed by atoms with Crippen molar-refractivity contribution >= 4 is 0 Å². The van der Waals surface area contributed by atoms with Crippen LogP contribution in [0.15, 0.2) is 0 Å². The highest BCUT2D eigenvalue weighted by Crippen LogP contribution is 2.31. The lowest BCUT2D eigenvalue weighted by Crippen LogP contribution is -2.52. The monoisotopic (exact) mass is 255 g/mol. The van der Waals surface area contributed by atoms with E-state index in [2.05, 4.69) is 33.0 Å². The predicted molar refractivity (Wildman–Crippen MR) is 73.7 cm³/mol. The van der Waals surface area contributed by atoms with E-state index in [1.165, 1.54) is 19.3 Å². The lowest BCUT2D eigenvalue weighted by atomic mass is 9.80. The predicted octanol–water partition coefficient (Wildman–Crippen LogP) is 2.59. The fourth-order valence-electron chi connectivity index (χ4n) is 3.05. The molecule has 3 heteroatoms. The van der Waals surface area contributed by atoms with Gasteiger partial charge in [0.15, 0.2) is 0 Å². The Morgan fingerprint density at radius 1 is 1.22 bits per heavy atom. The average Bonchev–Trinajstić information content (AvgIpc) is 2.29. The van der Waals surface area contributed by atoms with Gasteiger partial charge >= 0.3 is 0 Å². The molecule has 1 saturated heterocycles. The highest BCUT2D eigenvalue weighted by molar-refractivity contribution is 4.82. The third-order valence-corrected chi connectivity index (χ3v) is 4.48. The summed E-state index contributed by atoms with van der Waals surface area (Å²) in [5.41, 5.74) is -0.0549. The molecule has 1 saturated carbocycles. The SMILES string of the molecule is CC1CCC(OCC2CNCC(C)(C)O2)CC1C. The summed E-state index contributed by atoms with van der Waals surface area (Å²) in [5.74, 6) is 1.65. The third kappa shape index (κ3) is 3.94. The average molecular weight is 255 g/mol. The highest BCUT2D eigenvalue weighted by Gasteiger charge is 2.30. The van der Waals surface area contributed by atoms with Gasteiger partial charge in [-0.2, -0.15) is 0 Å². The van der Waals surface area contributed by atoms with Gasteiger partial charge in [0.25, 0.3) is 0 Å². The van der Waals surface area contributed by atoms with E-state index in [-0.39, 0.29) is 11.7 Å². The van der Waals surface area contributed by atoms with Gasteiger partial charge < -0.3 is 14.8 Å².